The summed E-state index contributed by atoms with van der Waals surface area (Å²) in [6, 6.07) is 13.1. The highest BCUT2D eigenvalue weighted by atomic mass is 19.1. The largest absolute Gasteiger partial charge is 0.494 e. The van der Waals surface area contributed by atoms with Crippen molar-refractivity contribution in [1.82, 2.24) is 4.90 Å². The molecule has 0 amide bonds. The molecule has 0 saturated carbocycles. The molecule has 0 N–H and O–H groups in total. The first-order chi connectivity index (χ1) is 11.7. The summed E-state index contributed by atoms with van der Waals surface area (Å²) in [5, 5.41) is 0. The molecular formula is C20H24FNO2. The first-order valence-electron chi connectivity index (χ1n) is 8.51. The molecule has 1 fully saturated rings. The van der Waals surface area contributed by atoms with Gasteiger partial charge in [0.2, 0.25) is 0 Å². The van der Waals surface area contributed by atoms with Gasteiger partial charge in [-0.3, -0.25) is 4.90 Å². The third-order valence-electron chi connectivity index (χ3n) is 4.42. The maximum Gasteiger partial charge on any atom is 0.165 e. The van der Waals surface area contributed by atoms with E-state index in [1.165, 1.54) is 39.1 Å². The van der Waals surface area contributed by atoms with E-state index in [1.807, 2.05) is 30.3 Å². The zero-order valence-corrected chi connectivity index (χ0v) is 14.1. The van der Waals surface area contributed by atoms with E-state index in [2.05, 4.69) is 4.90 Å². The fourth-order valence-corrected chi connectivity index (χ4v) is 3.06. The Labute approximate surface area is 143 Å². The average molecular weight is 329 g/mol. The van der Waals surface area contributed by atoms with E-state index < -0.39 is 0 Å². The Balaban J connectivity index is 1.51. The van der Waals surface area contributed by atoms with E-state index in [-0.39, 0.29) is 11.6 Å². The van der Waals surface area contributed by atoms with Gasteiger partial charge in [-0.25, -0.2) is 4.39 Å². The Morgan fingerprint density at radius 3 is 2.38 bits per heavy atom. The van der Waals surface area contributed by atoms with E-state index in [0.29, 0.717) is 6.42 Å². The minimum Gasteiger partial charge on any atom is -0.494 e. The van der Waals surface area contributed by atoms with Gasteiger partial charge < -0.3 is 9.47 Å². The highest BCUT2D eigenvalue weighted by molar-refractivity contribution is 5.34. The topological polar surface area (TPSA) is 21.7 Å². The molecule has 0 radical (unpaired) electrons. The first-order valence-corrected chi connectivity index (χ1v) is 8.51. The van der Waals surface area contributed by atoms with Crippen LogP contribution in [-0.4, -0.2) is 38.3 Å². The van der Waals surface area contributed by atoms with Gasteiger partial charge in [0.05, 0.1) is 7.11 Å². The van der Waals surface area contributed by atoms with Crippen molar-refractivity contribution in [3.8, 4) is 11.5 Å². The molecule has 1 heterocycles. The molecule has 0 unspecified atom stereocenters. The predicted octanol–water partition coefficient (Wildman–Crippen LogP) is 3.90. The van der Waals surface area contributed by atoms with Crippen molar-refractivity contribution in [2.45, 2.75) is 19.3 Å². The monoisotopic (exact) mass is 329 g/mol. The van der Waals surface area contributed by atoms with Gasteiger partial charge in [-0.05, 0) is 67.7 Å². The Morgan fingerprint density at radius 2 is 1.71 bits per heavy atom. The molecular weight excluding hydrogens is 305 g/mol. The molecule has 0 aromatic heterocycles. The van der Waals surface area contributed by atoms with Crippen LogP contribution in [0.15, 0.2) is 42.5 Å². The standard InChI is InChI=1S/C20H24FNO2/c1-23-20-9-6-17(15-19(20)21)14-16-4-7-18(8-5-16)24-13-12-22-10-2-3-11-22/h4-9,15H,2-3,10-14H2,1H3. The highest BCUT2D eigenvalue weighted by Crippen LogP contribution is 2.21. The second-order valence-corrected chi connectivity index (χ2v) is 6.19. The fourth-order valence-electron chi connectivity index (χ4n) is 3.06. The Hall–Kier alpha value is -2.07. The number of rotatable bonds is 7. The van der Waals surface area contributed by atoms with Gasteiger partial charge >= 0.3 is 0 Å². The van der Waals surface area contributed by atoms with Crippen molar-refractivity contribution in [2.24, 2.45) is 0 Å². The average Bonchev–Trinajstić information content (AvgIpc) is 3.10. The number of ether oxygens (including phenoxy) is 2. The van der Waals surface area contributed by atoms with E-state index in [9.17, 15) is 4.39 Å². The molecule has 128 valence electrons. The molecule has 3 rings (SSSR count). The van der Waals surface area contributed by atoms with Crippen molar-refractivity contribution < 1.29 is 13.9 Å². The van der Waals surface area contributed by atoms with E-state index in [1.54, 1.807) is 6.07 Å². The lowest BCUT2D eigenvalue weighted by Crippen LogP contribution is -2.25. The van der Waals surface area contributed by atoms with Crippen molar-refractivity contribution in [1.29, 1.82) is 0 Å². The molecule has 1 aliphatic heterocycles. The minimum atomic E-state index is -0.322. The lowest BCUT2D eigenvalue weighted by Gasteiger charge is -2.15. The molecule has 0 aliphatic carbocycles. The zero-order valence-electron chi connectivity index (χ0n) is 14.1. The van der Waals surface area contributed by atoms with Crippen molar-refractivity contribution in [3.63, 3.8) is 0 Å². The van der Waals surface area contributed by atoms with Crippen LogP contribution in [0.5, 0.6) is 11.5 Å². The molecule has 4 heteroatoms. The van der Waals surface area contributed by atoms with Crippen LogP contribution in [0, 0.1) is 5.82 Å². The van der Waals surface area contributed by atoms with Crippen LogP contribution in [0.1, 0.15) is 24.0 Å². The summed E-state index contributed by atoms with van der Waals surface area (Å²) in [6.07, 6.45) is 3.30. The van der Waals surface area contributed by atoms with Gasteiger partial charge in [-0.15, -0.1) is 0 Å². The Kier molecular flexibility index (Phi) is 5.70. The molecule has 1 aliphatic rings. The van der Waals surface area contributed by atoms with Crippen LogP contribution in [0.2, 0.25) is 0 Å². The van der Waals surface area contributed by atoms with Crippen LogP contribution in [-0.2, 0) is 6.42 Å². The summed E-state index contributed by atoms with van der Waals surface area (Å²) in [5.41, 5.74) is 2.06. The summed E-state index contributed by atoms with van der Waals surface area (Å²) in [4.78, 5) is 2.44. The SMILES string of the molecule is COc1ccc(Cc2ccc(OCCN3CCCC3)cc2)cc1F. The fraction of sp³-hybridized carbons (Fsp3) is 0.400. The number of methoxy groups -OCH3 is 1. The molecule has 0 atom stereocenters. The summed E-state index contributed by atoms with van der Waals surface area (Å²) in [5.74, 6) is 0.844. The number of hydrogen-bond acceptors (Lipinski definition) is 3. The molecule has 0 bridgehead atoms. The Morgan fingerprint density at radius 1 is 1.00 bits per heavy atom. The molecule has 0 spiro atoms. The van der Waals surface area contributed by atoms with Crippen molar-refractivity contribution in [3.05, 3.63) is 59.4 Å². The lowest BCUT2D eigenvalue weighted by atomic mass is 10.0. The molecule has 2 aromatic rings. The van der Waals surface area contributed by atoms with Crippen LogP contribution in [0.25, 0.3) is 0 Å². The Bertz CT molecular complexity index is 651. The van der Waals surface area contributed by atoms with E-state index >= 15 is 0 Å². The second-order valence-electron chi connectivity index (χ2n) is 6.19. The van der Waals surface area contributed by atoms with E-state index in [0.717, 1.165) is 30.0 Å². The number of hydrogen-bond donors (Lipinski definition) is 0. The third kappa shape index (κ3) is 4.48. The zero-order chi connectivity index (χ0) is 16.8. The van der Waals surface area contributed by atoms with Gasteiger partial charge in [0.25, 0.3) is 0 Å². The number of likely N-dealkylation sites (tertiary alicyclic amines) is 1. The van der Waals surface area contributed by atoms with Gasteiger partial charge in [0, 0.05) is 6.54 Å². The quantitative estimate of drug-likeness (QED) is 0.769. The van der Waals surface area contributed by atoms with Gasteiger partial charge in [0.15, 0.2) is 11.6 Å². The third-order valence-corrected chi connectivity index (χ3v) is 4.42. The van der Waals surface area contributed by atoms with Crippen LogP contribution in [0.3, 0.4) is 0 Å². The number of benzene rings is 2. The van der Waals surface area contributed by atoms with Gasteiger partial charge in [-0.2, -0.15) is 0 Å². The van der Waals surface area contributed by atoms with Crippen LogP contribution in [0.4, 0.5) is 4.39 Å². The summed E-state index contributed by atoms with van der Waals surface area (Å²) in [7, 11) is 1.47. The summed E-state index contributed by atoms with van der Waals surface area (Å²) >= 11 is 0. The number of halogens is 1. The minimum absolute atomic E-state index is 0.278. The maximum absolute atomic E-state index is 13.7. The molecule has 1 saturated heterocycles. The molecule has 24 heavy (non-hydrogen) atoms. The molecule has 3 nitrogen and oxygen atoms in total. The normalized spacial score (nSPS) is 14.8. The van der Waals surface area contributed by atoms with E-state index in [4.69, 9.17) is 9.47 Å². The van der Waals surface area contributed by atoms with Crippen molar-refractivity contribution >= 4 is 0 Å². The van der Waals surface area contributed by atoms with Crippen molar-refractivity contribution in [2.75, 3.05) is 33.4 Å². The molecule has 2 aromatic carbocycles. The lowest BCUT2D eigenvalue weighted by molar-refractivity contribution is 0.238. The smallest absolute Gasteiger partial charge is 0.165 e. The predicted molar refractivity (Wildman–Crippen MR) is 93.4 cm³/mol. The highest BCUT2D eigenvalue weighted by Gasteiger charge is 2.10. The number of nitrogens with zero attached hydrogens (tertiary/aromatic N) is 1. The maximum atomic E-state index is 13.7. The first kappa shape index (κ1) is 16.8. The van der Waals surface area contributed by atoms with Gasteiger partial charge in [0.1, 0.15) is 12.4 Å². The van der Waals surface area contributed by atoms with Gasteiger partial charge in [-0.1, -0.05) is 18.2 Å². The summed E-state index contributed by atoms with van der Waals surface area (Å²) < 4.78 is 24.5. The second kappa shape index (κ2) is 8.15. The summed E-state index contributed by atoms with van der Waals surface area (Å²) in [6.45, 7) is 4.11. The van der Waals surface area contributed by atoms with Crippen LogP contribution >= 0.6 is 0 Å². The van der Waals surface area contributed by atoms with Crippen LogP contribution < -0.4 is 9.47 Å².